The number of benzene rings is 1. The van der Waals surface area contributed by atoms with Crippen LogP contribution in [0, 0.1) is 0 Å². The zero-order chi connectivity index (χ0) is 9.80. The molecule has 0 fully saturated rings. The summed E-state index contributed by atoms with van der Waals surface area (Å²) in [6, 6.07) is 10.4. The second-order valence-corrected chi connectivity index (χ2v) is 3.37. The predicted octanol–water partition coefficient (Wildman–Crippen LogP) is 2.56. The van der Waals surface area contributed by atoms with Gasteiger partial charge in [-0.15, -0.1) is 0 Å². The lowest BCUT2D eigenvalue weighted by molar-refractivity contribution is 0.988. The molecule has 0 aliphatic heterocycles. The third-order valence-corrected chi connectivity index (χ3v) is 2.28. The standard InChI is InChI=1S/C12H14N2/c1-2-11-9-13-12(14-11)8-10-6-4-3-5-7-10/h3-7,9H,2,8H2,1H3,(H,13,14). The fraction of sp³-hybridized carbons (Fsp3) is 0.250. The van der Waals surface area contributed by atoms with E-state index in [1.54, 1.807) is 0 Å². The van der Waals surface area contributed by atoms with Gasteiger partial charge in [-0.25, -0.2) is 4.98 Å². The normalized spacial score (nSPS) is 10.4. The maximum Gasteiger partial charge on any atom is 0.110 e. The summed E-state index contributed by atoms with van der Waals surface area (Å²) < 4.78 is 0. The topological polar surface area (TPSA) is 28.7 Å². The van der Waals surface area contributed by atoms with Gasteiger partial charge in [-0.1, -0.05) is 37.3 Å². The van der Waals surface area contributed by atoms with E-state index in [0.29, 0.717) is 0 Å². The molecule has 1 aromatic carbocycles. The van der Waals surface area contributed by atoms with Crippen LogP contribution in [0.3, 0.4) is 0 Å². The van der Waals surface area contributed by atoms with Gasteiger partial charge < -0.3 is 4.98 Å². The van der Waals surface area contributed by atoms with Crippen LogP contribution in [0.25, 0.3) is 0 Å². The van der Waals surface area contributed by atoms with Crippen molar-refractivity contribution >= 4 is 0 Å². The number of H-pyrrole nitrogens is 1. The van der Waals surface area contributed by atoms with Crippen molar-refractivity contribution in [3.8, 4) is 0 Å². The lowest BCUT2D eigenvalue weighted by Crippen LogP contribution is -1.90. The summed E-state index contributed by atoms with van der Waals surface area (Å²) in [6.45, 7) is 2.12. The molecule has 1 heterocycles. The molecule has 2 aromatic rings. The molecule has 0 spiro atoms. The average Bonchev–Trinajstić information content (AvgIpc) is 2.67. The van der Waals surface area contributed by atoms with Crippen LogP contribution in [-0.2, 0) is 12.8 Å². The molecular weight excluding hydrogens is 172 g/mol. The molecule has 1 aromatic heterocycles. The zero-order valence-corrected chi connectivity index (χ0v) is 8.33. The Hall–Kier alpha value is -1.57. The van der Waals surface area contributed by atoms with E-state index in [1.165, 1.54) is 11.3 Å². The number of aromatic nitrogens is 2. The summed E-state index contributed by atoms with van der Waals surface area (Å²) in [6.07, 6.45) is 3.82. The van der Waals surface area contributed by atoms with E-state index >= 15 is 0 Å². The first-order valence-electron chi connectivity index (χ1n) is 4.95. The summed E-state index contributed by atoms with van der Waals surface area (Å²) in [4.78, 5) is 7.63. The molecule has 1 N–H and O–H groups in total. The van der Waals surface area contributed by atoms with E-state index < -0.39 is 0 Å². The summed E-state index contributed by atoms with van der Waals surface area (Å²) in [7, 11) is 0. The van der Waals surface area contributed by atoms with Gasteiger partial charge in [0.05, 0.1) is 0 Å². The van der Waals surface area contributed by atoms with E-state index in [1.807, 2.05) is 12.3 Å². The van der Waals surface area contributed by atoms with Crippen LogP contribution >= 0.6 is 0 Å². The highest BCUT2D eigenvalue weighted by Crippen LogP contribution is 2.06. The Labute approximate surface area is 84.0 Å². The van der Waals surface area contributed by atoms with Gasteiger partial charge >= 0.3 is 0 Å². The summed E-state index contributed by atoms with van der Waals surface area (Å²) in [5.41, 5.74) is 2.50. The highest BCUT2D eigenvalue weighted by molar-refractivity contribution is 5.19. The van der Waals surface area contributed by atoms with Crippen molar-refractivity contribution < 1.29 is 0 Å². The Morgan fingerprint density at radius 3 is 2.64 bits per heavy atom. The molecule has 14 heavy (non-hydrogen) atoms. The van der Waals surface area contributed by atoms with Crippen LogP contribution in [0.15, 0.2) is 36.5 Å². The highest BCUT2D eigenvalue weighted by Gasteiger charge is 1.99. The molecule has 0 saturated carbocycles. The van der Waals surface area contributed by atoms with Crippen molar-refractivity contribution in [2.75, 3.05) is 0 Å². The molecule has 0 bridgehead atoms. The van der Waals surface area contributed by atoms with Crippen LogP contribution < -0.4 is 0 Å². The number of nitrogens with zero attached hydrogens (tertiary/aromatic N) is 1. The Balaban J connectivity index is 2.11. The Kier molecular flexibility index (Phi) is 2.63. The Morgan fingerprint density at radius 1 is 1.21 bits per heavy atom. The van der Waals surface area contributed by atoms with Crippen molar-refractivity contribution in [2.24, 2.45) is 0 Å². The molecule has 0 saturated heterocycles. The first kappa shape index (κ1) is 9.00. The fourth-order valence-corrected chi connectivity index (χ4v) is 1.46. The highest BCUT2D eigenvalue weighted by atomic mass is 14.9. The van der Waals surface area contributed by atoms with Gasteiger partial charge in [0.15, 0.2) is 0 Å². The van der Waals surface area contributed by atoms with Crippen molar-refractivity contribution in [2.45, 2.75) is 19.8 Å². The molecule has 2 heteroatoms. The number of hydrogen-bond acceptors (Lipinski definition) is 1. The lowest BCUT2D eigenvalue weighted by atomic mass is 10.1. The molecule has 0 atom stereocenters. The molecule has 0 unspecified atom stereocenters. The minimum Gasteiger partial charge on any atom is -0.346 e. The molecule has 2 rings (SSSR count). The SMILES string of the molecule is CCc1cnc(Cc2ccccc2)[nH]1. The van der Waals surface area contributed by atoms with Crippen molar-refractivity contribution in [3.63, 3.8) is 0 Å². The third kappa shape index (κ3) is 2.02. The minimum absolute atomic E-state index is 0.890. The largest absolute Gasteiger partial charge is 0.346 e. The first-order chi connectivity index (χ1) is 6.88. The van der Waals surface area contributed by atoms with Gasteiger partial charge in [-0.3, -0.25) is 0 Å². The molecule has 2 nitrogen and oxygen atoms in total. The average molecular weight is 186 g/mol. The van der Waals surface area contributed by atoms with E-state index in [-0.39, 0.29) is 0 Å². The number of hydrogen-bond donors (Lipinski definition) is 1. The van der Waals surface area contributed by atoms with Crippen molar-refractivity contribution in [3.05, 3.63) is 53.6 Å². The molecular formula is C12H14N2. The third-order valence-electron chi connectivity index (χ3n) is 2.28. The van der Waals surface area contributed by atoms with Gasteiger partial charge in [0.2, 0.25) is 0 Å². The molecule has 0 aliphatic carbocycles. The van der Waals surface area contributed by atoms with Crippen LogP contribution in [0.4, 0.5) is 0 Å². The van der Waals surface area contributed by atoms with Gasteiger partial charge in [0.25, 0.3) is 0 Å². The van der Waals surface area contributed by atoms with E-state index in [9.17, 15) is 0 Å². The summed E-state index contributed by atoms with van der Waals surface area (Å²) in [5, 5.41) is 0. The van der Waals surface area contributed by atoms with Crippen molar-refractivity contribution in [1.82, 2.24) is 9.97 Å². The Bertz CT molecular complexity index is 390. The number of rotatable bonds is 3. The van der Waals surface area contributed by atoms with Crippen LogP contribution in [0.2, 0.25) is 0 Å². The lowest BCUT2D eigenvalue weighted by Gasteiger charge is -1.96. The van der Waals surface area contributed by atoms with E-state index in [4.69, 9.17) is 0 Å². The maximum atomic E-state index is 4.33. The van der Waals surface area contributed by atoms with E-state index in [0.717, 1.165) is 18.7 Å². The fourth-order valence-electron chi connectivity index (χ4n) is 1.46. The number of nitrogens with one attached hydrogen (secondary N) is 1. The van der Waals surface area contributed by atoms with E-state index in [2.05, 4.69) is 41.2 Å². The van der Waals surface area contributed by atoms with Crippen LogP contribution in [0.5, 0.6) is 0 Å². The quantitative estimate of drug-likeness (QED) is 0.784. The number of aromatic amines is 1. The maximum absolute atomic E-state index is 4.33. The monoisotopic (exact) mass is 186 g/mol. The van der Waals surface area contributed by atoms with Gasteiger partial charge in [0, 0.05) is 18.3 Å². The van der Waals surface area contributed by atoms with Crippen LogP contribution in [0.1, 0.15) is 24.0 Å². The van der Waals surface area contributed by atoms with Crippen LogP contribution in [-0.4, -0.2) is 9.97 Å². The first-order valence-corrected chi connectivity index (χ1v) is 4.95. The van der Waals surface area contributed by atoms with Gasteiger partial charge in [-0.05, 0) is 12.0 Å². The predicted molar refractivity (Wildman–Crippen MR) is 57.2 cm³/mol. The van der Waals surface area contributed by atoms with Gasteiger partial charge in [-0.2, -0.15) is 0 Å². The van der Waals surface area contributed by atoms with Crippen molar-refractivity contribution in [1.29, 1.82) is 0 Å². The molecule has 0 aliphatic rings. The Morgan fingerprint density at radius 2 is 2.00 bits per heavy atom. The molecule has 0 radical (unpaired) electrons. The summed E-state index contributed by atoms with van der Waals surface area (Å²) >= 11 is 0. The second-order valence-electron chi connectivity index (χ2n) is 3.37. The molecule has 72 valence electrons. The van der Waals surface area contributed by atoms with Gasteiger partial charge in [0.1, 0.15) is 5.82 Å². The summed E-state index contributed by atoms with van der Waals surface area (Å²) in [5.74, 6) is 1.05. The minimum atomic E-state index is 0.890. The number of imidazole rings is 1. The zero-order valence-electron chi connectivity index (χ0n) is 8.33. The smallest absolute Gasteiger partial charge is 0.110 e. The second kappa shape index (κ2) is 4.09. The molecule has 0 amide bonds. The number of aryl methyl sites for hydroxylation is 1.